The zero-order valence-electron chi connectivity index (χ0n) is 9.54. The molecule has 2 aromatic rings. The lowest BCUT2D eigenvalue weighted by Gasteiger charge is -2.12. The van der Waals surface area contributed by atoms with E-state index in [1.807, 2.05) is 6.07 Å². The second-order valence-corrected chi connectivity index (χ2v) is 6.28. The third kappa shape index (κ3) is 2.75. The molecule has 0 saturated carbocycles. The Kier molecular flexibility index (Phi) is 4.28. The molecule has 1 nitrogen and oxygen atoms in total. The van der Waals surface area contributed by atoms with Crippen LogP contribution in [0.3, 0.4) is 0 Å². The summed E-state index contributed by atoms with van der Waals surface area (Å²) in [5.74, 6) is 0.857. The highest BCUT2D eigenvalue weighted by atomic mass is 79.9. The minimum Gasteiger partial charge on any atom is -0.496 e. The largest absolute Gasteiger partial charge is 0.496 e. The molecule has 0 aliphatic heterocycles. The summed E-state index contributed by atoms with van der Waals surface area (Å²) >= 11 is 9.00. The van der Waals surface area contributed by atoms with E-state index in [1.165, 1.54) is 16.7 Å². The van der Waals surface area contributed by atoms with E-state index in [1.54, 1.807) is 18.4 Å². The first-order chi connectivity index (χ1) is 8.13. The Morgan fingerprint density at radius 1 is 1.29 bits per heavy atom. The molecule has 1 atom stereocenters. The molecule has 0 N–H and O–H groups in total. The van der Waals surface area contributed by atoms with Gasteiger partial charge >= 0.3 is 0 Å². The average molecular weight is 376 g/mol. The van der Waals surface area contributed by atoms with E-state index in [4.69, 9.17) is 4.74 Å². The summed E-state index contributed by atoms with van der Waals surface area (Å²) in [7, 11) is 1.68. The number of alkyl halides is 1. The highest BCUT2D eigenvalue weighted by molar-refractivity contribution is 9.10. The van der Waals surface area contributed by atoms with Crippen LogP contribution in [0.2, 0.25) is 0 Å². The van der Waals surface area contributed by atoms with E-state index >= 15 is 0 Å². The molecule has 0 saturated heterocycles. The third-order valence-corrected chi connectivity index (χ3v) is 5.16. The molecular weight excluding hydrogens is 364 g/mol. The number of hydrogen-bond acceptors (Lipinski definition) is 2. The Bertz CT molecular complexity index is 522. The van der Waals surface area contributed by atoms with Crippen molar-refractivity contribution in [3.8, 4) is 5.75 Å². The Morgan fingerprint density at radius 2 is 2.06 bits per heavy atom. The fraction of sp³-hybridized carbons (Fsp3) is 0.231. The van der Waals surface area contributed by atoms with Crippen LogP contribution in [0, 0.1) is 6.92 Å². The monoisotopic (exact) mass is 374 g/mol. The molecule has 1 unspecified atom stereocenters. The van der Waals surface area contributed by atoms with Gasteiger partial charge in [0.1, 0.15) is 5.75 Å². The minimum atomic E-state index is 0.232. The number of ether oxygens (including phenoxy) is 1. The van der Waals surface area contributed by atoms with Crippen molar-refractivity contribution in [3.05, 3.63) is 50.1 Å². The molecular formula is C13H12Br2OS. The van der Waals surface area contributed by atoms with E-state index < -0.39 is 0 Å². The molecule has 1 heterocycles. The van der Waals surface area contributed by atoms with Crippen molar-refractivity contribution in [2.24, 2.45) is 0 Å². The molecule has 0 radical (unpaired) electrons. The molecule has 90 valence electrons. The van der Waals surface area contributed by atoms with Gasteiger partial charge in [-0.05, 0) is 62.4 Å². The maximum atomic E-state index is 5.23. The highest BCUT2D eigenvalue weighted by Gasteiger charge is 2.14. The minimum absolute atomic E-state index is 0.232. The Balaban J connectivity index is 2.35. The van der Waals surface area contributed by atoms with Gasteiger partial charge in [0.05, 0.1) is 16.4 Å². The maximum Gasteiger partial charge on any atom is 0.133 e. The lowest BCUT2D eigenvalue weighted by atomic mass is 10.0. The number of rotatable bonds is 3. The highest BCUT2D eigenvalue weighted by Crippen LogP contribution is 2.37. The van der Waals surface area contributed by atoms with Crippen molar-refractivity contribution in [2.45, 2.75) is 11.8 Å². The van der Waals surface area contributed by atoms with Gasteiger partial charge in [-0.2, -0.15) is 11.3 Å². The van der Waals surface area contributed by atoms with Crippen molar-refractivity contribution in [2.75, 3.05) is 7.11 Å². The first kappa shape index (κ1) is 13.1. The van der Waals surface area contributed by atoms with Gasteiger partial charge in [0, 0.05) is 0 Å². The van der Waals surface area contributed by atoms with E-state index in [-0.39, 0.29) is 4.83 Å². The van der Waals surface area contributed by atoms with Crippen LogP contribution in [0.25, 0.3) is 0 Å². The van der Waals surface area contributed by atoms with E-state index in [2.05, 4.69) is 61.7 Å². The lowest BCUT2D eigenvalue weighted by molar-refractivity contribution is 0.412. The number of benzene rings is 1. The fourth-order valence-electron chi connectivity index (χ4n) is 1.65. The molecule has 1 aromatic heterocycles. The topological polar surface area (TPSA) is 9.23 Å². The summed E-state index contributed by atoms with van der Waals surface area (Å²) in [4.78, 5) is 0.232. The van der Waals surface area contributed by atoms with Gasteiger partial charge in [-0.1, -0.05) is 22.0 Å². The van der Waals surface area contributed by atoms with Crippen LogP contribution in [-0.4, -0.2) is 7.11 Å². The summed E-state index contributed by atoms with van der Waals surface area (Å²) in [6.07, 6.45) is 0. The van der Waals surface area contributed by atoms with E-state index in [0.29, 0.717) is 0 Å². The van der Waals surface area contributed by atoms with Crippen LogP contribution in [0.1, 0.15) is 21.5 Å². The quantitative estimate of drug-likeness (QED) is 0.660. The van der Waals surface area contributed by atoms with Crippen LogP contribution < -0.4 is 4.74 Å². The van der Waals surface area contributed by atoms with Gasteiger partial charge in [-0.15, -0.1) is 0 Å². The normalized spacial score (nSPS) is 12.5. The number of hydrogen-bond donors (Lipinski definition) is 0. The molecule has 0 aliphatic carbocycles. The van der Waals surface area contributed by atoms with Crippen molar-refractivity contribution in [1.29, 1.82) is 0 Å². The van der Waals surface area contributed by atoms with Crippen molar-refractivity contribution in [1.82, 2.24) is 0 Å². The lowest BCUT2D eigenvalue weighted by Crippen LogP contribution is -1.94. The van der Waals surface area contributed by atoms with Gasteiger partial charge in [0.25, 0.3) is 0 Å². The van der Waals surface area contributed by atoms with E-state index in [9.17, 15) is 0 Å². The van der Waals surface area contributed by atoms with Gasteiger partial charge in [-0.25, -0.2) is 0 Å². The molecule has 0 bridgehead atoms. The molecule has 0 fully saturated rings. The first-order valence-corrected chi connectivity index (χ1v) is 7.79. The fourth-order valence-corrected chi connectivity index (χ4v) is 4.04. The summed E-state index contributed by atoms with van der Waals surface area (Å²) in [6.45, 7) is 2.14. The second-order valence-electron chi connectivity index (χ2n) is 3.77. The number of methoxy groups -OCH3 is 1. The smallest absolute Gasteiger partial charge is 0.133 e. The van der Waals surface area contributed by atoms with Gasteiger partial charge < -0.3 is 4.74 Å². The summed E-state index contributed by atoms with van der Waals surface area (Å²) in [5.41, 5.74) is 3.87. The second kappa shape index (κ2) is 5.55. The van der Waals surface area contributed by atoms with Gasteiger partial charge in [-0.3, -0.25) is 0 Å². The molecule has 17 heavy (non-hydrogen) atoms. The van der Waals surface area contributed by atoms with Crippen molar-refractivity contribution < 1.29 is 4.74 Å². The number of halogens is 2. The number of thiophene rings is 1. The summed E-state index contributed by atoms with van der Waals surface area (Å²) < 4.78 is 6.22. The maximum absolute atomic E-state index is 5.23. The molecule has 0 spiro atoms. The summed E-state index contributed by atoms with van der Waals surface area (Å²) in [5, 5.41) is 4.36. The predicted octanol–water partition coefficient (Wildman–Crippen LogP) is 5.31. The Hall–Kier alpha value is -0.320. The zero-order chi connectivity index (χ0) is 12.4. The van der Waals surface area contributed by atoms with Crippen molar-refractivity contribution in [3.63, 3.8) is 0 Å². The molecule has 2 rings (SSSR count). The predicted molar refractivity (Wildman–Crippen MR) is 80.5 cm³/mol. The summed E-state index contributed by atoms with van der Waals surface area (Å²) in [6, 6.07) is 6.16. The van der Waals surface area contributed by atoms with Crippen LogP contribution in [-0.2, 0) is 0 Å². The van der Waals surface area contributed by atoms with E-state index in [0.717, 1.165) is 10.2 Å². The Labute approximate surface area is 122 Å². The van der Waals surface area contributed by atoms with Crippen molar-refractivity contribution >= 4 is 43.2 Å². The zero-order valence-corrected chi connectivity index (χ0v) is 13.5. The standard InChI is InChI=1S/C13H12Br2OS/c1-8-6-17-7-10(8)13(15)9-3-4-12(16-2)11(14)5-9/h3-7,13H,1-2H3. The average Bonchev–Trinajstić information content (AvgIpc) is 2.74. The molecule has 0 amide bonds. The van der Waals surface area contributed by atoms with Crippen LogP contribution in [0.4, 0.5) is 0 Å². The van der Waals surface area contributed by atoms with Crippen LogP contribution in [0.15, 0.2) is 33.4 Å². The SMILES string of the molecule is COc1ccc(C(Br)c2cscc2C)cc1Br. The molecule has 4 heteroatoms. The third-order valence-electron chi connectivity index (χ3n) is 2.64. The van der Waals surface area contributed by atoms with Gasteiger partial charge in [0.2, 0.25) is 0 Å². The van der Waals surface area contributed by atoms with Gasteiger partial charge in [0.15, 0.2) is 0 Å². The number of aryl methyl sites for hydroxylation is 1. The van der Waals surface area contributed by atoms with Crippen LogP contribution in [0.5, 0.6) is 5.75 Å². The van der Waals surface area contributed by atoms with Crippen LogP contribution >= 0.6 is 43.2 Å². The Morgan fingerprint density at radius 3 is 2.59 bits per heavy atom. The first-order valence-electron chi connectivity index (χ1n) is 5.13. The molecule has 0 aliphatic rings. The molecule has 1 aromatic carbocycles.